The average molecular weight is 243 g/mol. The molecule has 0 amide bonds. The molecule has 0 aromatic heterocycles. The van der Waals surface area contributed by atoms with Crippen LogP contribution in [-0.4, -0.2) is 13.2 Å². The summed E-state index contributed by atoms with van der Waals surface area (Å²) in [4.78, 5) is 0. The van der Waals surface area contributed by atoms with Gasteiger partial charge < -0.3 is 14.8 Å². The molecule has 0 bridgehead atoms. The summed E-state index contributed by atoms with van der Waals surface area (Å²) in [7, 11) is -3.21. The van der Waals surface area contributed by atoms with Gasteiger partial charge in [-0.15, -0.1) is 0 Å². The minimum Gasteiger partial charge on any atom is -0.326 e. The highest BCUT2D eigenvalue weighted by atomic mass is 31.2. The molecule has 0 saturated carbocycles. The van der Waals surface area contributed by atoms with Crippen molar-refractivity contribution in [2.45, 2.75) is 20.4 Å². The van der Waals surface area contributed by atoms with Crippen molar-refractivity contribution in [2.24, 2.45) is 5.73 Å². The minimum atomic E-state index is -3.21. The number of rotatable bonds is 6. The van der Waals surface area contributed by atoms with E-state index >= 15 is 0 Å². The lowest BCUT2D eigenvalue weighted by Crippen LogP contribution is -2.17. The van der Waals surface area contributed by atoms with Crippen molar-refractivity contribution in [2.75, 3.05) is 13.2 Å². The summed E-state index contributed by atoms with van der Waals surface area (Å²) in [5.74, 6) is 0. The molecular formula is C11H18NO3P. The Labute approximate surface area is 96.3 Å². The van der Waals surface area contributed by atoms with Gasteiger partial charge >= 0.3 is 7.60 Å². The molecule has 4 nitrogen and oxygen atoms in total. The molecule has 90 valence electrons. The molecule has 0 aliphatic carbocycles. The first kappa shape index (κ1) is 13.4. The number of nitrogens with two attached hydrogens (primary N) is 1. The van der Waals surface area contributed by atoms with Crippen LogP contribution in [0, 0.1) is 0 Å². The van der Waals surface area contributed by atoms with E-state index < -0.39 is 7.60 Å². The van der Waals surface area contributed by atoms with Crippen LogP contribution in [0.5, 0.6) is 0 Å². The van der Waals surface area contributed by atoms with Crippen LogP contribution in [0.25, 0.3) is 0 Å². The predicted octanol–water partition coefficient (Wildman–Crippen LogP) is 2.04. The lowest BCUT2D eigenvalue weighted by Gasteiger charge is -2.19. The third-order valence-electron chi connectivity index (χ3n) is 2.10. The first-order chi connectivity index (χ1) is 7.68. The molecule has 16 heavy (non-hydrogen) atoms. The van der Waals surface area contributed by atoms with Gasteiger partial charge in [-0.25, -0.2) is 0 Å². The van der Waals surface area contributed by atoms with Crippen molar-refractivity contribution in [1.82, 2.24) is 0 Å². The fourth-order valence-corrected chi connectivity index (χ4v) is 3.29. The van der Waals surface area contributed by atoms with Crippen LogP contribution in [0.1, 0.15) is 19.4 Å². The Bertz CT molecular complexity index is 371. The molecule has 0 aliphatic heterocycles. The summed E-state index contributed by atoms with van der Waals surface area (Å²) in [6.45, 7) is 4.58. The Morgan fingerprint density at radius 3 is 2.25 bits per heavy atom. The summed E-state index contributed by atoms with van der Waals surface area (Å²) in [6, 6.07) is 7.24. The van der Waals surface area contributed by atoms with Gasteiger partial charge in [0, 0.05) is 6.54 Å². The van der Waals surface area contributed by atoms with E-state index in [9.17, 15) is 4.57 Å². The van der Waals surface area contributed by atoms with Gasteiger partial charge in [0.1, 0.15) is 0 Å². The molecule has 0 saturated heterocycles. The summed E-state index contributed by atoms with van der Waals surface area (Å²) in [6.07, 6.45) is 0. The Kier molecular flexibility index (Phi) is 5.16. The molecule has 0 atom stereocenters. The van der Waals surface area contributed by atoms with E-state index in [0.29, 0.717) is 25.1 Å². The minimum absolute atomic E-state index is 0.320. The molecule has 0 spiro atoms. The van der Waals surface area contributed by atoms with Gasteiger partial charge in [-0.1, -0.05) is 18.2 Å². The summed E-state index contributed by atoms with van der Waals surface area (Å²) < 4.78 is 23.0. The number of benzene rings is 1. The molecule has 5 heteroatoms. The van der Waals surface area contributed by atoms with Crippen molar-refractivity contribution in [3.05, 3.63) is 29.8 Å². The van der Waals surface area contributed by atoms with Gasteiger partial charge in [-0.3, -0.25) is 4.57 Å². The van der Waals surface area contributed by atoms with Crippen molar-refractivity contribution in [3.8, 4) is 0 Å². The zero-order valence-corrected chi connectivity index (χ0v) is 10.6. The molecule has 1 aromatic carbocycles. The van der Waals surface area contributed by atoms with E-state index in [0.717, 1.165) is 5.56 Å². The maximum absolute atomic E-state index is 12.5. The zero-order valence-electron chi connectivity index (χ0n) is 9.68. The Hall–Kier alpha value is -0.670. The van der Waals surface area contributed by atoms with Crippen molar-refractivity contribution < 1.29 is 13.6 Å². The normalized spacial score (nSPS) is 11.7. The smallest absolute Gasteiger partial charge is 0.326 e. The van der Waals surface area contributed by atoms with Crippen LogP contribution >= 0.6 is 7.60 Å². The molecule has 1 aromatic rings. The maximum Gasteiger partial charge on any atom is 0.361 e. The van der Waals surface area contributed by atoms with Gasteiger partial charge in [0.2, 0.25) is 0 Å². The van der Waals surface area contributed by atoms with E-state index in [4.69, 9.17) is 14.8 Å². The maximum atomic E-state index is 12.5. The lowest BCUT2D eigenvalue weighted by molar-refractivity contribution is 0.229. The lowest BCUT2D eigenvalue weighted by atomic mass is 10.2. The third kappa shape index (κ3) is 2.92. The van der Waals surface area contributed by atoms with E-state index in [-0.39, 0.29) is 0 Å². The first-order valence-electron chi connectivity index (χ1n) is 5.35. The predicted molar refractivity (Wildman–Crippen MR) is 64.8 cm³/mol. The monoisotopic (exact) mass is 243 g/mol. The van der Waals surface area contributed by atoms with Crippen LogP contribution in [0.2, 0.25) is 0 Å². The van der Waals surface area contributed by atoms with Gasteiger partial charge in [0.15, 0.2) is 0 Å². The summed E-state index contributed by atoms with van der Waals surface area (Å²) >= 11 is 0. The second kappa shape index (κ2) is 6.16. The number of hydrogen-bond donors (Lipinski definition) is 1. The first-order valence-corrected chi connectivity index (χ1v) is 6.89. The van der Waals surface area contributed by atoms with Crippen molar-refractivity contribution in [1.29, 1.82) is 0 Å². The Balaban J connectivity index is 3.15. The highest BCUT2D eigenvalue weighted by molar-refractivity contribution is 7.62. The van der Waals surface area contributed by atoms with Crippen molar-refractivity contribution >= 4 is 12.9 Å². The van der Waals surface area contributed by atoms with Crippen molar-refractivity contribution in [3.63, 3.8) is 0 Å². The van der Waals surface area contributed by atoms with Gasteiger partial charge in [0.05, 0.1) is 18.5 Å². The highest BCUT2D eigenvalue weighted by Gasteiger charge is 2.28. The molecule has 0 unspecified atom stereocenters. The van der Waals surface area contributed by atoms with Gasteiger partial charge in [-0.2, -0.15) is 0 Å². The fourth-order valence-electron chi connectivity index (χ4n) is 1.47. The molecular weight excluding hydrogens is 225 g/mol. The van der Waals surface area contributed by atoms with E-state index in [2.05, 4.69) is 0 Å². The molecule has 0 aliphatic rings. The SMILES string of the molecule is CCOP(=O)(OCC)c1ccccc1CN. The van der Waals surface area contributed by atoms with Crippen LogP contribution in [0.3, 0.4) is 0 Å². The summed E-state index contributed by atoms with van der Waals surface area (Å²) in [5.41, 5.74) is 6.41. The molecule has 0 heterocycles. The quantitative estimate of drug-likeness (QED) is 0.776. The van der Waals surface area contributed by atoms with E-state index in [1.54, 1.807) is 26.0 Å². The standard InChI is InChI=1S/C11H18NO3P/c1-3-14-16(13,15-4-2)11-8-6-5-7-10(11)9-12/h5-8H,3-4,9,12H2,1-2H3. The van der Waals surface area contributed by atoms with Gasteiger partial charge in [0.25, 0.3) is 0 Å². The van der Waals surface area contributed by atoms with Crippen LogP contribution in [0.15, 0.2) is 24.3 Å². The van der Waals surface area contributed by atoms with E-state index in [1.165, 1.54) is 0 Å². The van der Waals surface area contributed by atoms with E-state index in [1.807, 2.05) is 12.1 Å². The largest absolute Gasteiger partial charge is 0.361 e. The molecule has 0 radical (unpaired) electrons. The van der Waals surface area contributed by atoms with Crippen LogP contribution in [0.4, 0.5) is 0 Å². The topological polar surface area (TPSA) is 61.5 Å². The second-order valence-corrected chi connectivity index (χ2v) is 5.16. The van der Waals surface area contributed by atoms with Crippen LogP contribution in [-0.2, 0) is 20.2 Å². The number of hydrogen-bond acceptors (Lipinski definition) is 4. The molecule has 1 rings (SSSR count). The molecule has 0 fully saturated rings. The zero-order chi connectivity index (χ0) is 12.0. The Morgan fingerprint density at radius 1 is 1.19 bits per heavy atom. The third-order valence-corrected chi connectivity index (χ3v) is 4.33. The summed E-state index contributed by atoms with van der Waals surface area (Å²) in [5, 5.41) is 0.571. The average Bonchev–Trinajstić information content (AvgIpc) is 2.29. The molecule has 2 N–H and O–H groups in total. The Morgan fingerprint density at radius 2 is 1.75 bits per heavy atom. The van der Waals surface area contributed by atoms with Gasteiger partial charge in [-0.05, 0) is 25.5 Å². The fraction of sp³-hybridized carbons (Fsp3) is 0.455. The second-order valence-electron chi connectivity index (χ2n) is 3.17. The van der Waals surface area contributed by atoms with Crippen LogP contribution < -0.4 is 11.0 Å². The highest BCUT2D eigenvalue weighted by Crippen LogP contribution is 2.47.